The molecule has 0 atom stereocenters. The van der Waals surface area contributed by atoms with E-state index >= 15 is 0 Å². The minimum Gasteiger partial charge on any atom is -0.340 e. The molecule has 21 heavy (non-hydrogen) atoms. The zero-order valence-corrected chi connectivity index (χ0v) is 14.8. The summed E-state index contributed by atoms with van der Waals surface area (Å²) in [5.41, 5.74) is 0.794. The van der Waals surface area contributed by atoms with E-state index in [1.165, 1.54) is 0 Å². The summed E-state index contributed by atoms with van der Waals surface area (Å²) in [6.45, 7) is 10.2. The molecule has 118 valence electrons. The summed E-state index contributed by atoms with van der Waals surface area (Å²) in [5.74, 6) is 0.869. The molecule has 1 fully saturated rings. The van der Waals surface area contributed by atoms with E-state index < -0.39 is 0 Å². The van der Waals surface area contributed by atoms with Gasteiger partial charge in [-0.1, -0.05) is 6.92 Å². The standard InChI is InChI=1S/C16H26BrN3O/c1-4-18-10-13-5-7-19(8-6-13)16(21)15-9-14(17)11-20(15)12(2)3/h9,11-13,18H,4-8,10H2,1-3H3. The zero-order chi connectivity index (χ0) is 15.4. The number of hydrogen-bond donors (Lipinski definition) is 1. The highest BCUT2D eigenvalue weighted by molar-refractivity contribution is 9.10. The molecule has 0 aromatic carbocycles. The molecule has 1 N–H and O–H groups in total. The molecule has 0 spiro atoms. The highest BCUT2D eigenvalue weighted by Gasteiger charge is 2.25. The van der Waals surface area contributed by atoms with E-state index in [4.69, 9.17) is 0 Å². The normalized spacial score (nSPS) is 16.7. The fraction of sp³-hybridized carbons (Fsp3) is 0.688. The lowest BCUT2D eigenvalue weighted by Crippen LogP contribution is -2.41. The van der Waals surface area contributed by atoms with Gasteiger partial charge in [0.2, 0.25) is 0 Å². The second-order valence-electron chi connectivity index (χ2n) is 6.09. The molecule has 1 amide bonds. The molecular weight excluding hydrogens is 330 g/mol. The van der Waals surface area contributed by atoms with Crippen molar-refractivity contribution in [1.82, 2.24) is 14.8 Å². The van der Waals surface area contributed by atoms with Crippen LogP contribution in [-0.2, 0) is 0 Å². The molecule has 2 heterocycles. The summed E-state index contributed by atoms with van der Waals surface area (Å²) < 4.78 is 3.03. The van der Waals surface area contributed by atoms with E-state index in [-0.39, 0.29) is 5.91 Å². The predicted molar refractivity (Wildman–Crippen MR) is 89.7 cm³/mol. The molecule has 0 radical (unpaired) electrons. The number of aromatic nitrogens is 1. The molecule has 0 aliphatic carbocycles. The van der Waals surface area contributed by atoms with Crippen LogP contribution in [0.3, 0.4) is 0 Å². The van der Waals surface area contributed by atoms with E-state index in [0.717, 1.165) is 49.2 Å². The van der Waals surface area contributed by atoms with Crippen molar-refractivity contribution in [3.63, 3.8) is 0 Å². The van der Waals surface area contributed by atoms with Crippen LogP contribution < -0.4 is 5.32 Å². The largest absolute Gasteiger partial charge is 0.340 e. The lowest BCUT2D eigenvalue weighted by molar-refractivity contribution is 0.0677. The minimum absolute atomic E-state index is 0.163. The summed E-state index contributed by atoms with van der Waals surface area (Å²) in [4.78, 5) is 14.7. The van der Waals surface area contributed by atoms with Crippen LogP contribution in [-0.4, -0.2) is 41.6 Å². The Bertz CT molecular complexity index is 476. The number of piperidine rings is 1. The Morgan fingerprint density at radius 3 is 2.67 bits per heavy atom. The summed E-state index contributed by atoms with van der Waals surface area (Å²) >= 11 is 3.48. The summed E-state index contributed by atoms with van der Waals surface area (Å²) in [6, 6.07) is 2.23. The van der Waals surface area contributed by atoms with Crippen LogP contribution in [0.4, 0.5) is 0 Å². The lowest BCUT2D eigenvalue weighted by atomic mass is 9.96. The molecule has 1 aliphatic heterocycles. The Hall–Kier alpha value is -0.810. The first-order valence-electron chi connectivity index (χ1n) is 7.90. The predicted octanol–water partition coefficient (Wildman–Crippen LogP) is 3.29. The Morgan fingerprint density at radius 1 is 1.43 bits per heavy atom. The quantitative estimate of drug-likeness (QED) is 0.879. The number of hydrogen-bond acceptors (Lipinski definition) is 2. The van der Waals surface area contributed by atoms with Crippen molar-refractivity contribution in [3.8, 4) is 0 Å². The van der Waals surface area contributed by atoms with E-state index in [1.54, 1.807) is 0 Å². The van der Waals surface area contributed by atoms with Crippen LogP contribution in [0, 0.1) is 5.92 Å². The molecule has 1 saturated heterocycles. The molecule has 1 aromatic heterocycles. The van der Waals surface area contributed by atoms with Crippen molar-refractivity contribution in [1.29, 1.82) is 0 Å². The number of amides is 1. The molecule has 4 nitrogen and oxygen atoms in total. The van der Waals surface area contributed by atoms with Crippen molar-refractivity contribution in [2.45, 2.75) is 39.7 Å². The topological polar surface area (TPSA) is 37.3 Å². The fourth-order valence-corrected chi connectivity index (χ4v) is 3.33. The third kappa shape index (κ3) is 4.10. The van der Waals surface area contributed by atoms with Crippen LogP contribution >= 0.6 is 15.9 Å². The first kappa shape index (κ1) is 16.6. The van der Waals surface area contributed by atoms with Crippen molar-refractivity contribution in [3.05, 3.63) is 22.4 Å². The maximum absolute atomic E-state index is 12.7. The number of likely N-dealkylation sites (tertiary alicyclic amines) is 1. The first-order valence-corrected chi connectivity index (χ1v) is 8.69. The summed E-state index contributed by atoms with van der Waals surface area (Å²) in [7, 11) is 0. The molecule has 5 heteroatoms. The van der Waals surface area contributed by atoms with Gasteiger partial charge in [-0.25, -0.2) is 0 Å². The molecular formula is C16H26BrN3O. The summed E-state index contributed by atoms with van der Waals surface area (Å²) in [6.07, 6.45) is 4.19. The fourth-order valence-electron chi connectivity index (χ4n) is 2.89. The van der Waals surface area contributed by atoms with E-state index in [9.17, 15) is 4.79 Å². The number of nitrogens with zero attached hydrogens (tertiary/aromatic N) is 2. The Balaban J connectivity index is 1.99. The van der Waals surface area contributed by atoms with Gasteiger partial charge in [-0.05, 0) is 67.7 Å². The van der Waals surface area contributed by atoms with Crippen LogP contribution in [0.1, 0.15) is 50.1 Å². The lowest BCUT2D eigenvalue weighted by Gasteiger charge is -2.32. The summed E-state index contributed by atoms with van der Waals surface area (Å²) in [5, 5.41) is 3.41. The van der Waals surface area contributed by atoms with Crippen molar-refractivity contribution in [2.24, 2.45) is 5.92 Å². The van der Waals surface area contributed by atoms with Crippen molar-refractivity contribution in [2.75, 3.05) is 26.2 Å². The third-order valence-electron chi connectivity index (χ3n) is 4.18. The van der Waals surface area contributed by atoms with Gasteiger partial charge in [-0.2, -0.15) is 0 Å². The smallest absolute Gasteiger partial charge is 0.270 e. The molecule has 0 bridgehead atoms. The van der Waals surface area contributed by atoms with Crippen LogP contribution in [0.25, 0.3) is 0 Å². The maximum atomic E-state index is 12.7. The van der Waals surface area contributed by atoms with Gasteiger partial charge < -0.3 is 14.8 Å². The SMILES string of the molecule is CCNCC1CCN(C(=O)c2cc(Br)cn2C(C)C)CC1. The third-order valence-corrected chi connectivity index (χ3v) is 4.61. The Kier molecular flexibility index (Phi) is 5.88. The monoisotopic (exact) mass is 355 g/mol. The van der Waals surface area contributed by atoms with E-state index in [0.29, 0.717) is 12.0 Å². The minimum atomic E-state index is 0.163. The number of halogens is 1. The Labute approximate surface area is 136 Å². The first-order chi connectivity index (χ1) is 10.0. The highest BCUT2D eigenvalue weighted by Crippen LogP contribution is 2.23. The van der Waals surface area contributed by atoms with Gasteiger partial charge in [0.15, 0.2) is 0 Å². The van der Waals surface area contributed by atoms with Gasteiger partial charge in [0.1, 0.15) is 5.69 Å². The average molecular weight is 356 g/mol. The number of carbonyl (C=O) groups excluding carboxylic acids is 1. The van der Waals surface area contributed by atoms with Crippen LogP contribution in [0.15, 0.2) is 16.7 Å². The number of carbonyl (C=O) groups is 1. The van der Waals surface area contributed by atoms with Crippen LogP contribution in [0.5, 0.6) is 0 Å². The second kappa shape index (κ2) is 7.45. The van der Waals surface area contributed by atoms with Gasteiger partial charge in [0, 0.05) is 29.8 Å². The highest BCUT2D eigenvalue weighted by atomic mass is 79.9. The second-order valence-corrected chi connectivity index (χ2v) is 7.00. The number of nitrogens with one attached hydrogen (secondary N) is 1. The van der Waals surface area contributed by atoms with Crippen molar-refractivity contribution < 1.29 is 4.79 Å². The number of rotatable bonds is 5. The zero-order valence-electron chi connectivity index (χ0n) is 13.2. The van der Waals surface area contributed by atoms with Gasteiger partial charge in [-0.15, -0.1) is 0 Å². The molecule has 0 saturated carbocycles. The Morgan fingerprint density at radius 2 is 2.10 bits per heavy atom. The van der Waals surface area contributed by atoms with E-state index in [2.05, 4.69) is 46.6 Å². The van der Waals surface area contributed by atoms with Crippen molar-refractivity contribution >= 4 is 21.8 Å². The molecule has 1 aromatic rings. The van der Waals surface area contributed by atoms with Gasteiger partial charge >= 0.3 is 0 Å². The van der Waals surface area contributed by atoms with E-state index in [1.807, 2.05) is 17.2 Å². The molecule has 2 rings (SSSR count). The van der Waals surface area contributed by atoms with Gasteiger partial charge in [-0.3, -0.25) is 4.79 Å². The van der Waals surface area contributed by atoms with Crippen LogP contribution in [0.2, 0.25) is 0 Å². The average Bonchev–Trinajstić information content (AvgIpc) is 2.87. The van der Waals surface area contributed by atoms with Gasteiger partial charge in [0.05, 0.1) is 0 Å². The van der Waals surface area contributed by atoms with Gasteiger partial charge in [0.25, 0.3) is 5.91 Å². The molecule has 0 unspecified atom stereocenters. The molecule has 1 aliphatic rings. The maximum Gasteiger partial charge on any atom is 0.270 e.